The number of para-hydroxylation sites is 1. The molecule has 0 aliphatic rings. The zero-order valence-electron chi connectivity index (χ0n) is 13.5. The number of methoxy groups -OCH3 is 1. The summed E-state index contributed by atoms with van der Waals surface area (Å²) in [5, 5.41) is 0. The maximum absolute atomic E-state index is 12.7. The summed E-state index contributed by atoms with van der Waals surface area (Å²) < 4.78 is 11.8. The van der Waals surface area contributed by atoms with Gasteiger partial charge in [-0.1, -0.05) is 25.1 Å². The molecular weight excluding hydrogens is 358 g/mol. The van der Waals surface area contributed by atoms with E-state index in [4.69, 9.17) is 9.47 Å². The van der Waals surface area contributed by atoms with E-state index in [0.717, 1.165) is 12.1 Å². The number of hydrogen-bond acceptors (Lipinski definition) is 3. The second-order valence-electron chi connectivity index (χ2n) is 5.04. The molecule has 5 heteroatoms. The van der Waals surface area contributed by atoms with Crippen LogP contribution >= 0.6 is 15.9 Å². The second-order valence-corrected chi connectivity index (χ2v) is 5.89. The van der Waals surface area contributed by atoms with Gasteiger partial charge in [0.1, 0.15) is 0 Å². The Morgan fingerprint density at radius 3 is 2.52 bits per heavy atom. The van der Waals surface area contributed by atoms with E-state index in [2.05, 4.69) is 15.9 Å². The van der Waals surface area contributed by atoms with Gasteiger partial charge in [-0.15, -0.1) is 0 Å². The zero-order chi connectivity index (χ0) is 16.8. The minimum absolute atomic E-state index is 0.114. The van der Waals surface area contributed by atoms with Crippen molar-refractivity contribution in [1.29, 1.82) is 0 Å². The first-order valence-electron chi connectivity index (χ1n) is 7.42. The number of anilines is 1. The molecule has 0 radical (unpaired) electrons. The zero-order valence-corrected chi connectivity index (χ0v) is 15.1. The maximum Gasteiger partial charge on any atom is 0.258 e. The summed E-state index contributed by atoms with van der Waals surface area (Å²) in [5.74, 6) is 1.04. The minimum Gasteiger partial charge on any atom is -0.493 e. The van der Waals surface area contributed by atoms with Gasteiger partial charge in [0, 0.05) is 18.3 Å². The highest BCUT2D eigenvalue weighted by Crippen LogP contribution is 2.37. The van der Waals surface area contributed by atoms with Gasteiger partial charge >= 0.3 is 0 Å². The summed E-state index contributed by atoms with van der Waals surface area (Å²) in [6.45, 7) is 2.62. The van der Waals surface area contributed by atoms with Gasteiger partial charge in [-0.3, -0.25) is 4.79 Å². The molecule has 1 amide bonds. The Hall–Kier alpha value is -2.01. The van der Waals surface area contributed by atoms with Crippen molar-refractivity contribution in [3.63, 3.8) is 0 Å². The van der Waals surface area contributed by atoms with Crippen LogP contribution in [0.25, 0.3) is 0 Å². The van der Waals surface area contributed by atoms with Crippen LogP contribution in [-0.4, -0.2) is 26.7 Å². The van der Waals surface area contributed by atoms with Gasteiger partial charge in [0.2, 0.25) is 0 Å². The summed E-state index contributed by atoms with van der Waals surface area (Å²) in [4.78, 5) is 14.3. The number of carbonyl (C=O) groups excluding carboxylic acids is 1. The fraction of sp³-hybridized carbons (Fsp3) is 0.278. The van der Waals surface area contributed by atoms with Crippen molar-refractivity contribution in [1.82, 2.24) is 0 Å². The van der Waals surface area contributed by atoms with E-state index in [-0.39, 0.29) is 5.91 Å². The average molecular weight is 378 g/mol. The van der Waals surface area contributed by atoms with Crippen LogP contribution in [0.5, 0.6) is 11.5 Å². The van der Waals surface area contributed by atoms with Crippen molar-refractivity contribution in [2.24, 2.45) is 0 Å². The van der Waals surface area contributed by atoms with Gasteiger partial charge in [-0.25, -0.2) is 0 Å². The Morgan fingerprint density at radius 2 is 1.91 bits per heavy atom. The van der Waals surface area contributed by atoms with Gasteiger partial charge < -0.3 is 14.4 Å². The molecule has 2 aromatic carbocycles. The summed E-state index contributed by atoms with van der Waals surface area (Å²) in [5.41, 5.74) is 1.36. The molecule has 2 rings (SSSR count). The molecule has 0 spiro atoms. The number of amides is 1. The molecule has 122 valence electrons. The fourth-order valence-corrected chi connectivity index (χ4v) is 2.71. The average Bonchev–Trinajstić information content (AvgIpc) is 2.59. The number of ether oxygens (including phenoxy) is 2. The number of benzene rings is 2. The van der Waals surface area contributed by atoms with Crippen molar-refractivity contribution in [3.05, 3.63) is 52.5 Å². The predicted octanol–water partition coefficient (Wildman–Crippen LogP) is 4.52. The normalized spacial score (nSPS) is 10.3. The smallest absolute Gasteiger partial charge is 0.258 e. The van der Waals surface area contributed by atoms with Gasteiger partial charge in [0.25, 0.3) is 5.91 Å². The topological polar surface area (TPSA) is 38.8 Å². The molecule has 0 fully saturated rings. The molecule has 0 unspecified atom stereocenters. The van der Waals surface area contributed by atoms with Crippen LogP contribution in [0.15, 0.2) is 46.9 Å². The molecule has 0 saturated heterocycles. The molecule has 0 heterocycles. The molecule has 0 aromatic heterocycles. The Kier molecular flexibility index (Phi) is 6.04. The standard InChI is InChI=1S/C18H20BrNO3/c1-4-10-23-17-15(19)11-13(12-16(17)22-3)18(21)20(2)14-8-6-5-7-9-14/h5-9,11-12H,4,10H2,1-3H3. The molecule has 0 aliphatic carbocycles. The summed E-state index contributed by atoms with van der Waals surface area (Å²) >= 11 is 3.47. The maximum atomic E-state index is 12.7. The lowest BCUT2D eigenvalue weighted by Gasteiger charge is -2.19. The third kappa shape index (κ3) is 4.05. The van der Waals surface area contributed by atoms with E-state index < -0.39 is 0 Å². The first kappa shape index (κ1) is 17.3. The highest BCUT2D eigenvalue weighted by Gasteiger charge is 2.19. The Labute approximate surface area is 145 Å². The van der Waals surface area contributed by atoms with E-state index in [1.54, 1.807) is 31.2 Å². The Morgan fingerprint density at radius 1 is 1.22 bits per heavy atom. The first-order chi connectivity index (χ1) is 11.1. The minimum atomic E-state index is -0.114. The molecule has 0 bridgehead atoms. The largest absolute Gasteiger partial charge is 0.493 e. The van der Waals surface area contributed by atoms with Gasteiger partial charge in [0.05, 0.1) is 18.2 Å². The highest BCUT2D eigenvalue weighted by molar-refractivity contribution is 9.10. The van der Waals surface area contributed by atoms with Crippen LogP contribution in [0.1, 0.15) is 23.7 Å². The van der Waals surface area contributed by atoms with Crippen molar-refractivity contribution in [3.8, 4) is 11.5 Å². The Bertz CT molecular complexity index is 673. The van der Waals surface area contributed by atoms with E-state index >= 15 is 0 Å². The predicted molar refractivity (Wildman–Crippen MR) is 95.7 cm³/mol. The summed E-state index contributed by atoms with van der Waals surface area (Å²) in [6, 6.07) is 13.0. The van der Waals surface area contributed by atoms with E-state index in [0.29, 0.717) is 28.1 Å². The molecule has 23 heavy (non-hydrogen) atoms. The van der Waals surface area contributed by atoms with Crippen LogP contribution in [0.4, 0.5) is 5.69 Å². The van der Waals surface area contributed by atoms with Crippen LogP contribution in [0.2, 0.25) is 0 Å². The molecule has 0 atom stereocenters. The summed E-state index contributed by atoms with van der Waals surface area (Å²) in [7, 11) is 3.31. The van der Waals surface area contributed by atoms with Gasteiger partial charge in [-0.05, 0) is 46.6 Å². The summed E-state index contributed by atoms with van der Waals surface area (Å²) in [6.07, 6.45) is 0.896. The fourth-order valence-electron chi connectivity index (χ4n) is 2.15. The third-order valence-corrected chi connectivity index (χ3v) is 3.96. The van der Waals surface area contributed by atoms with Crippen molar-refractivity contribution in [2.75, 3.05) is 25.7 Å². The SMILES string of the molecule is CCCOc1c(Br)cc(C(=O)N(C)c2ccccc2)cc1OC. The van der Waals surface area contributed by atoms with Crippen molar-refractivity contribution >= 4 is 27.5 Å². The number of carbonyl (C=O) groups is 1. The molecule has 0 N–H and O–H groups in total. The quantitative estimate of drug-likeness (QED) is 0.742. The number of halogens is 1. The van der Waals surface area contributed by atoms with E-state index in [1.807, 2.05) is 37.3 Å². The molecule has 4 nitrogen and oxygen atoms in total. The van der Waals surface area contributed by atoms with Crippen LogP contribution in [0, 0.1) is 0 Å². The first-order valence-corrected chi connectivity index (χ1v) is 8.21. The third-order valence-electron chi connectivity index (χ3n) is 3.38. The molecule has 0 saturated carbocycles. The van der Waals surface area contributed by atoms with E-state index in [9.17, 15) is 4.79 Å². The van der Waals surface area contributed by atoms with Crippen LogP contribution < -0.4 is 14.4 Å². The van der Waals surface area contributed by atoms with Gasteiger partial charge in [0.15, 0.2) is 11.5 Å². The lowest BCUT2D eigenvalue weighted by Crippen LogP contribution is -2.26. The lowest BCUT2D eigenvalue weighted by atomic mass is 10.1. The monoisotopic (exact) mass is 377 g/mol. The van der Waals surface area contributed by atoms with Gasteiger partial charge in [-0.2, -0.15) is 0 Å². The Balaban J connectivity index is 2.32. The highest BCUT2D eigenvalue weighted by atomic mass is 79.9. The molecular formula is C18H20BrNO3. The molecule has 0 aliphatic heterocycles. The second kappa shape index (κ2) is 8.02. The lowest BCUT2D eigenvalue weighted by molar-refractivity contribution is 0.0992. The van der Waals surface area contributed by atoms with Crippen LogP contribution in [0.3, 0.4) is 0 Å². The van der Waals surface area contributed by atoms with Crippen LogP contribution in [-0.2, 0) is 0 Å². The number of hydrogen-bond donors (Lipinski definition) is 0. The van der Waals surface area contributed by atoms with Crippen molar-refractivity contribution < 1.29 is 14.3 Å². The molecule has 2 aromatic rings. The number of rotatable bonds is 6. The van der Waals surface area contributed by atoms with E-state index in [1.165, 1.54) is 0 Å². The number of nitrogens with zero attached hydrogens (tertiary/aromatic N) is 1. The van der Waals surface area contributed by atoms with Crippen molar-refractivity contribution in [2.45, 2.75) is 13.3 Å².